The third-order valence-corrected chi connectivity index (χ3v) is 5.36. The lowest BCUT2D eigenvalue weighted by molar-refractivity contribution is -0.119. The standard InChI is InChI=1S/C20H18BrNO2/c1-3-22-17-9-8-13(21)10-15(17)16(20(22)23)11-19-12(2)14-6-4-5-7-18(14)24-19/h4-10,16H,3,11H2,1-2H3/t16-/m0/s1. The first kappa shape index (κ1) is 15.5. The Bertz CT molecular complexity index is 944. The molecule has 3 nitrogen and oxygen atoms in total. The molecule has 1 amide bonds. The highest BCUT2D eigenvalue weighted by molar-refractivity contribution is 9.10. The van der Waals surface area contributed by atoms with Crippen LogP contribution in [-0.4, -0.2) is 12.5 Å². The first-order valence-electron chi connectivity index (χ1n) is 8.18. The molecule has 4 heteroatoms. The second-order valence-electron chi connectivity index (χ2n) is 6.19. The highest BCUT2D eigenvalue weighted by Crippen LogP contribution is 2.41. The van der Waals surface area contributed by atoms with Crippen molar-refractivity contribution in [2.45, 2.75) is 26.2 Å². The van der Waals surface area contributed by atoms with Gasteiger partial charge in [0, 0.05) is 28.5 Å². The summed E-state index contributed by atoms with van der Waals surface area (Å²) >= 11 is 3.53. The maximum Gasteiger partial charge on any atom is 0.235 e. The van der Waals surface area contributed by atoms with Crippen LogP contribution in [0.2, 0.25) is 0 Å². The van der Waals surface area contributed by atoms with E-state index < -0.39 is 0 Å². The number of amides is 1. The molecular formula is C20H18BrNO2. The summed E-state index contributed by atoms with van der Waals surface area (Å²) in [5, 5.41) is 1.12. The topological polar surface area (TPSA) is 33.5 Å². The van der Waals surface area contributed by atoms with E-state index in [-0.39, 0.29) is 11.8 Å². The highest BCUT2D eigenvalue weighted by Gasteiger charge is 2.37. The number of likely N-dealkylation sites (N-methyl/N-ethyl adjacent to an activating group) is 1. The number of para-hydroxylation sites is 1. The average molecular weight is 384 g/mol. The minimum Gasteiger partial charge on any atom is -0.461 e. The molecule has 2 heterocycles. The van der Waals surface area contributed by atoms with Crippen molar-refractivity contribution in [2.24, 2.45) is 0 Å². The van der Waals surface area contributed by atoms with Crippen molar-refractivity contribution in [2.75, 3.05) is 11.4 Å². The van der Waals surface area contributed by atoms with Gasteiger partial charge in [-0.25, -0.2) is 0 Å². The van der Waals surface area contributed by atoms with Gasteiger partial charge in [-0.1, -0.05) is 34.1 Å². The minimum atomic E-state index is -0.184. The summed E-state index contributed by atoms with van der Waals surface area (Å²) in [6.45, 7) is 4.77. The van der Waals surface area contributed by atoms with Gasteiger partial charge in [0.2, 0.25) is 5.91 Å². The fraction of sp³-hybridized carbons (Fsp3) is 0.250. The molecule has 4 rings (SSSR count). The van der Waals surface area contributed by atoms with E-state index >= 15 is 0 Å². The quantitative estimate of drug-likeness (QED) is 0.622. The van der Waals surface area contributed by atoms with Crippen LogP contribution in [0, 0.1) is 6.92 Å². The molecule has 122 valence electrons. The van der Waals surface area contributed by atoms with E-state index in [1.165, 1.54) is 0 Å². The molecule has 1 aliphatic heterocycles. The second kappa shape index (κ2) is 5.78. The minimum absolute atomic E-state index is 0.158. The largest absolute Gasteiger partial charge is 0.461 e. The predicted octanol–water partition coefficient (Wildman–Crippen LogP) is 5.20. The Balaban J connectivity index is 1.78. The Labute approximate surface area is 149 Å². The molecule has 1 aliphatic rings. The Kier molecular flexibility index (Phi) is 3.72. The maximum atomic E-state index is 12.9. The summed E-state index contributed by atoms with van der Waals surface area (Å²) in [4.78, 5) is 14.8. The fourth-order valence-electron chi connectivity index (χ4n) is 3.62. The van der Waals surface area contributed by atoms with E-state index in [1.54, 1.807) is 0 Å². The summed E-state index contributed by atoms with van der Waals surface area (Å²) < 4.78 is 7.04. The average Bonchev–Trinajstić information content (AvgIpc) is 3.03. The van der Waals surface area contributed by atoms with Gasteiger partial charge in [-0.3, -0.25) is 4.79 Å². The molecule has 0 N–H and O–H groups in total. The molecule has 1 atom stereocenters. The zero-order chi connectivity index (χ0) is 16.8. The summed E-state index contributed by atoms with van der Waals surface area (Å²) in [5.74, 6) is 0.876. The molecule has 3 aromatic rings. The number of furan rings is 1. The molecule has 0 saturated carbocycles. The third-order valence-electron chi connectivity index (χ3n) is 4.87. The number of carbonyl (C=O) groups excluding carboxylic acids is 1. The zero-order valence-electron chi connectivity index (χ0n) is 13.7. The number of anilines is 1. The third kappa shape index (κ3) is 2.28. The maximum absolute atomic E-state index is 12.9. The van der Waals surface area contributed by atoms with Crippen LogP contribution in [0.4, 0.5) is 5.69 Å². The SMILES string of the molecule is CCN1C(=O)[C@@H](Cc2oc3ccccc3c2C)c2cc(Br)ccc21. The van der Waals surface area contributed by atoms with Gasteiger partial charge in [0.05, 0.1) is 5.92 Å². The lowest BCUT2D eigenvalue weighted by Crippen LogP contribution is -2.29. The van der Waals surface area contributed by atoms with E-state index in [2.05, 4.69) is 35.0 Å². The number of carbonyl (C=O) groups is 1. The van der Waals surface area contributed by atoms with Crippen LogP contribution >= 0.6 is 15.9 Å². The van der Waals surface area contributed by atoms with Gasteiger partial charge in [-0.15, -0.1) is 0 Å². The van der Waals surface area contributed by atoms with Gasteiger partial charge in [0.25, 0.3) is 0 Å². The van der Waals surface area contributed by atoms with E-state index in [4.69, 9.17) is 4.42 Å². The van der Waals surface area contributed by atoms with E-state index in [0.717, 1.165) is 38.0 Å². The number of fused-ring (bicyclic) bond motifs is 2. The van der Waals surface area contributed by atoms with Crippen molar-refractivity contribution < 1.29 is 9.21 Å². The Morgan fingerprint density at radius 2 is 2.00 bits per heavy atom. The van der Waals surface area contributed by atoms with Crippen LogP contribution < -0.4 is 4.90 Å². The summed E-state index contributed by atoms with van der Waals surface area (Å²) in [6, 6.07) is 14.1. The second-order valence-corrected chi connectivity index (χ2v) is 7.10. The molecule has 0 aliphatic carbocycles. The first-order chi connectivity index (χ1) is 11.6. The molecule has 0 radical (unpaired) electrons. The van der Waals surface area contributed by atoms with Gasteiger partial charge in [0.15, 0.2) is 0 Å². The van der Waals surface area contributed by atoms with Crippen molar-refractivity contribution in [3.8, 4) is 0 Å². The Morgan fingerprint density at radius 1 is 1.21 bits per heavy atom. The first-order valence-corrected chi connectivity index (χ1v) is 8.97. The van der Waals surface area contributed by atoms with Crippen molar-refractivity contribution in [3.63, 3.8) is 0 Å². The summed E-state index contributed by atoms with van der Waals surface area (Å²) in [7, 11) is 0. The van der Waals surface area contributed by atoms with Crippen LogP contribution in [0.15, 0.2) is 51.4 Å². The molecule has 0 fully saturated rings. The summed E-state index contributed by atoms with van der Waals surface area (Å²) in [6.07, 6.45) is 0.597. The highest BCUT2D eigenvalue weighted by atomic mass is 79.9. The van der Waals surface area contributed by atoms with Gasteiger partial charge in [0.1, 0.15) is 11.3 Å². The molecule has 0 saturated heterocycles. The van der Waals surface area contributed by atoms with Gasteiger partial charge in [-0.05, 0) is 49.2 Å². The lowest BCUT2D eigenvalue weighted by Gasteiger charge is -2.15. The van der Waals surface area contributed by atoms with Crippen LogP contribution in [0.1, 0.15) is 29.7 Å². The number of halogens is 1. The Morgan fingerprint density at radius 3 is 2.75 bits per heavy atom. The van der Waals surface area contributed by atoms with Crippen LogP contribution in [0.25, 0.3) is 11.0 Å². The van der Waals surface area contributed by atoms with Gasteiger partial charge < -0.3 is 9.32 Å². The van der Waals surface area contributed by atoms with Gasteiger partial charge >= 0.3 is 0 Å². The number of hydrogen-bond donors (Lipinski definition) is 0. The number of aryl methyl sites for hydroxylation is 1. The molecule has 24 heavy (non-hydrogen) atoms. The normalized spacial score (nSPS) is 16.9. The van der Waals surface area contributed by atoms with Crippen molar-refractivity contribution in [3.05, 3.63) is 63.8 Å². The number of nitrogens with zero attached hydrogens (tertiary/aromatic N) is 1. The number of rotatable bonds is 3. The Hall–Kier alpha value is -2.07. The smallest absolute Gasteiger partial charge is 0.235 e. The van der Waals surface area contributed by atoms with Gasteiger partial charge in [-0.2, -0.15) is 0 Å². The monoisotopic (exact) mass is 383 g/mol. The van der Waals surface area contributed by atoms with Crippen LogP contribution in [0.5, 0.6) is 0 Å². The van der Waals surface area contributed by atoms with Crippen molar-refractivity contribution in [1.29, 1.82) is 0 Å². The molecular weight excluding hydrogens is 366 g/mol. The number of hydrogen-bond acceptors (Lipinski definition) is 2. The molecule has 1 aromatic heterocycles. The van der Waals surface area contributed by atoms with E-state index in [0.29, 0.717) is 13.0 Å². The molecule has 2 aromatic carbocycles. The van der Waals surface area contributed by atoms with Crippen molar-refractivity contribution in [1.82, 2.24) is 0 Å². The lowest BCUT2D eigenvalue weighted by atomic mass is 9.94. The van der Waals surface area contributed by atoms with Crippen LogP contribution in [-0.2, 0) is 11.2 Å². The summed E-state index contributed by atoms with van der Waals surface area (Å²) in [5.41, 5.74) is 4.11. The molecule has 0 bridgehead atoms. The molecule has 0 spiro atoms. The van der Waals surface area contributed by atoms with E-state index in [9.17, 15) is 4.79 Å². The van der Waals surface area contributed by atoms with Crippen LogP contribution in [0.3, 0.4) is 0 Å². The predicted molar refractivity (Wildman–Crippen MR) is 99.6 cm³/mol. The fourth-order valence-corrected chi connectivity index (χ4v) is 4.00. The van der Waals surface area contributed by atoms with E-state index in [1.807, 2.05) is 42.2 Å². The van der Waals surface area contributed by atoms with Crippen molar-refractivity contribution >= 4 is 38.5 Å². The number of benzene rings is 2. The molecule has 0 unspecified atom stereocenters. The zero-order valence-corrected chi connectivity index (χ0v) is 15.3.